The summed E-state index contributed by atoms with van der Waals surface area (Å²) in [4.78, 5) is 205. The number of methoxy groups -OCH3 is 6. The zero-order valence-electron chi connectivity index (χ0n) is 66.9. The summed E-state index contributed by atoms with van der Waals surface area (Å²) in [6, 6.07) is 13.7. The quantitative estimate of drug-likeness (QED) is 0.0214. The van der Waals surface area contributed by atoms with Gasteiger partial charge in [-0.05, 0) is 119 Å². The Labute approximate surface area is 648 Å². The van der Waals surface area contributed by atoms with Crippen molar-refractivity contribution < 1.29 is 120 Å². The molecule has 0 aromatic heterocycles. The second kappa shape index (κ2) is 43.7. The number of nitrogens with zero attached hydrogens (tertiary/aromatic N) is 4. The van der Waals surface area contributed by atoms with Crippen molar-refractivity contribution in [2.75, 3.05) is 127 Å². The van der Waals surface area contributed by atoms with Crippen LogP contribution in [0, 0.1) is 82.9 Å². The molecule has 5 rings (SSSR count). The maximum absolute atomic E-state index is 15.5. The third kappa shape index (κ3) is 23.8. The molecule has 33 nitrogen and oxygen atoms in total. The first-order chi connectivity index (χ1) is 52.5. The molecule has 18 atom stereocenters. The standard InChI is InChI=1S/C78H116N8O25/c1-18-53(104-12)60(67(89)81-31-20-30-79-65(87)44-22-26-46(27-23-44)83(8)9)50(73(95)96)36-57(108-16)62-48(69(91)85(71(62)93)33-21-32-80-66(88)45-24-28-47(29-25-45)84(10)11)35-56(107-15)63-49(70(92)86(72(63)94)40-42(5)6)34-55(106-14)61(68(90)82-39-41(3)4)51(74(97)98)37-58(109-17)64(77(102)110-19-2)52(75(99)100)38-54(105-13)59-43(7)76(101)111-78(59)103/h22-29,41-43,48-64H,18-21,30-40H2,1-17H3,(H,79,87)(H,80,88)(H,81,89)(H,82,90)(H,95,96)(H,97,98)(H,99,100). The number of ether oxygens (including phenoxy) is 8. The number of hydrogen-bond acceptors (Lipinski definition) is 24. The van der Waals surface area contributed by atoms with E-state index >= 15 is 24.0 Å². The Morgan fingerprint density at radius 3 is 1.36 bits per heavy atom. The first-order valence-electron chi connectivity index (χ1n) is 37.7. The molecule has 111 heavy (non-hydrogen) atoms. The van der Waals surface area contributed by atoms with Gasteiger partial charge in [0, 0.05) is 133 Å². The lowest BCUT2D eigenvalue weighted by Crippen LogP contribution is -2.50. The fourth-order valence-corrected chi connectivity index (χ4v) is 15.3. The molecular weight excluding hydrogens is 1450 g/mol. The molecule has 0 saturated carbocycles. The average molecular weight is 1570 g/mol. The maximum atomic E-state index is 15.5. The predicted octanol–water partition coefficient (Wildman–Crippen LogP) is 3.81. The van der Waals surface area contributed by atoms with Crippen molar-refractivity contribution >= 4 is 94.4 Å². The van der Waals surface area contributed by atoms with Gasteiger partial charge in [0.1, 0.15) is 0 Å². The molecule has 3 aliphatic rings. The largest absolute Gasteiger partial charge is 0.481 e. The molecule has 33 heteroatoms. The smallest absolute Gasteiger partial charge is 0.320 e. The number of benzene rings is 2. The molecule has 0 radical (unpaired) electrons. The van der Waals surface area contributed by atoms with Crippen molar-refractivity contribution in [1.29, 1.82) is 0 Å². The zero-order chi connectivity index (χ0) is 83.0. The number of rotatable bonds is 49. The number of carboxylic acids is 3. The number of nitrogens with one attached hydrogen (secondary N) is 4. The van der Waals surface area contributed by atoms with Gasteiger partial charge in [-0.1, -0.05) is 41.5 Å². The average Bonchev–Trinajstić information content (AvgIpc) is 1.62. The number of amides is 8. The maximum Gasteiger partial charge on any atom is 0.320 e. The molecule has 3 aliphatic heterocycles. The number of hydrogen-bond donors (Lipinski definition) is 7. The lowest BCUT2D eigenvalue weighted by atomic mass is 9.72. The van der Waals surface area contributed by atoms with E-state index in [9.17, 15) is 58.5 Å². The van der Waals surface area contributed by atoms with Gasteiger partial charge in [0.25, 0.3) is 11.8 Å². The zero-order valence-corrected chi connectivity index (χ0v) is 66.9. The van der Waals surface area contributed by atoms with Crippen molar-refractivity contribution in [3.05, 3.63) is 59.7 Å². The number of carboxylic acid groups (broad SMARTS) is 3. The molecule has 2 aromatic rings. The van der Waals surface area contributed by atoms with E-state index in [0.717, 1.165) is 42.5 Å². The van der Waals surface area contributed by atoms with Crippen LogP contribution in [0.3, 0.4) is 0 Å². The highest BCUT2D eigenvalue weighted by Gasteiger charge is 2.59. The Kier molecular flexibility index (Phi) is 36.5. The van der Waals surface area contributed by atoms with E-state index < -0.39 is 217 Å². The van der Waals surface area contributed by atoms with Gasteiger partial charge >= 0.3 is 35.8 Å². The van der Waals surface area contributed by atoms with Gasteiger partial charge in [-0.25, -0.2) is 0 Å². The minimum absolute atomic E-state index is 0.00314. The topological polar surface area (TPSA) is 435 Å². The van der Waals surface area contributed by atoms with Crippen molar-refractivity contribution in [3.63, 3.8) is 0 Å². The summed E-state index contributed by atoms with van der Waals surface area (Å²) >= 11 is 0. The highest BCUT2D eigenvalue weighted by molar-refractivity contribution is 6.07. The van der Waals surface area contributed by atoms with E-state index in [-0.39, 0.29) is 82.9 Å². The van der Waals surface area contributed by atoms with Crippen molar-refractivity contribution in [1.82, 2.24) is 31.1 Å². The van der Waals surface area contributed by atoms with Gasteiger partial charge in [0.15, 0.2) is 0 Å². The van der Waals surface area contributed by atoms with Crippen molar-refractivity contribution in [3.8, 4) is 0 Å². The lowest BCUT2D eigenvalue weighted by Gasteiger charge is -2.36. The van der Waals surface area contributed by atoms with Crippen LogP contribution in [0.1, 0.15) is 121 Å². The van der Waals surface area contributed by atoms with Crippen LogP contribution in [0.5, 0.6) is 0 Å². The summed E-state index contributed by atoms with van der Waals surface area (Å²) in [7, 11) is 14.5. The molecule has 8 amide bonds. The number of carbonyl (C=O) groups excluding carboxylic acids is 11. The molecule has 0 spiro atoms. The van der Waals surface area contributed by atoms with Crippen molar-refractivity contribution in [2.24, 2.45) is 82.9 Å². The number of carbonyl (C=O) groups is 14. The van der Waals surface area contributed by atoms with Gasteiger partial charge in [-0.3, -0.25) is 76.9 Å². The Morgan fingerprint density at radius 2 is 0.919 bits per heavy atom. The first kappa shape index (κ1) is 92.6. The fourth-order valence-electron chi connectivity index (χ4n) is 15.3. The third-order valence-corrected chi connectivity index (χ3v) is 21.3. The van der Waals surface area contributed by atoms with Crippen LogP contribution >= 0.6 is 0 Å². The fraction of sp³-hybridized carbons (Fsp3) is 0.667. The highest BCUT2D eigenvalue weighted by atomic mass is 16.6. The van der Waals surface area contributed by atoms with Crippen LogP contribution in [0.2, 0.25) is 0 Å². The van der Waals surface area contributed by atoms with Crippen LogP contribution in [0.15, 0.2) is 48.5 Å². The van der Waals surface area contributed by atoms with Crippen LogP contribution in [0.25, 0.3) is 0 Å². The molecule has 0 bridgehead atoms. The molecule has 2 aromatic carbocycles. The summed E-state index contributed by atoms with van der Waals surface area (Å²) in [5, 5.41) is 44.9. The SMILES string of the molecule is CCOC(=O)C(C(CC(C(=O)O)C(C(=O)NCC(C)C)C(CC1C(=O)N(CC(C)C)C(=O)C1C(CC1C(=O)N(CCCNC(=O)c2ccc(N(C)C)cc2)C(=O)C1C(CC(C(=O)O)C(C(=O)NCCCNC(=O)c1ccc(N(C)C)cc1)C(CC)OC)OC)OC)OC)OC)C(CC(OC)C1C(=O)OC(=O)C1C)C(=O)O. The molecule has 618 valence electrons. The molecule has 0 aliphatic carbocycles. The predicted molar refractivity (Wildman–Crippen MR) is 401 cm³/mol. The monoisotopic (exact) mass is 1560 g/mol. The molecule has 3 fully saturated rings. The van der Waals surface area contributed by atoms with Gasteiger partial charge in [0.05, 0.1) is 114 Å². The second-order valence-electron chi connectivity index (χ2n) is 29.8. The van der Waals surface area contributed by atoms with Gasteiger partial charge < -0.3 is 84.3 Å². The Morgan fingerprint density at radius 1 is 0.486 bits per heavy atom. The number of likely N-dealkylation sites (tertiary alicyclic amines) is 2. The minimum atomic E-state index is -1.99. The van der Waals surface area contributed by atoms with E-state index in [2.05, 4.69) is 21.3 Å². The Balaban J connectivity index is 1.60. The van der Waals surface area contributed by atoms with E-state index in [1.165, 1.54) is 35.2 Å². The van der Waals surface area contributed by atoms with Crippen LogP contribution in [-0.2, 0) is 95.4 Å². The number of imide groups is 2. The molecular formula is C78H116N8O25. The lowest BCUT2D eigenvalue weighted by molar-refractivity contribution is -0.169. The summed E-state index contributed by atoms with van der Waals surface area (Å²) in [6.07, 6.45) is -11.8. The van der Waals surface area contributed by atoms with E-state index in [4.69, 9.17) is 37.9 Å². The normalized spacial score (nSPS) is 21.1. The molecule has 3 saturated heterocycles. The van der Waals surface area contributed by atoms with Crippen LogP contribution < -0.4 is 31.1 Å². The second-order valence-corrected chi connectivity index (χ2v) is 29.8. The van der Waals surface area contributed by atoms with E-state index in [1.54, 1.807) is 83.1 Å². The van der Waals surface area contributed by atoms with E-state index in [1.807, 2.05) is 38.0 Å². The summed E-state index contributed by atoms with van der Waals surface area (Å²) < 4.78 is 45.9. The minimum Gasteiger partial charge on any atom is -0.481 e. The van der Waals surface area contributed by atoms with Gasteiger partial charge in [-0.15, -0.1) is 0 Å². The van der Waals surface area contributed by atoms with E-state index in [0.29, 0.717) is 11.1 Å². The summed E-state index contributed by atoms with van der Waals surface area (Å²) in [5.41, 5.74) is 2.45. The molecule has 3 heterocycles. The first-order valence-corrected chi connectivity index (χ1v) is 37.7. The Bertz CT molecular complexity index is 3530. The van der Waals surface area contributed by atoms with Crippen LogP contribution in [0.4, 0.5) is 11.4 Å². The summed E-state index contributed by atoms with van der Waals surface area (Å²) in [6.45, 7) is 10.7. The molecule has 7 N–H and O–H groups in total. The number of aliphatic carboxylic acids is 3. The number of anilines is 2. The summed E-state index contributed by atoms with van der Waals surface area (Å²) in [5.74, 6) is -34.0. The number of esters is 3. The number of cyclic esters (lactones) is 2. The van der Waals surface area contributed by atoms with Crippen LogP contribution in [-0.4, -0.2) is 262 Å². The molecule has 18 unspecified atom stereocenters. The van der Waals surface area contributed by atoms with Gasteiger partial charge in [-0.2, -0.15) is 0 Å². The van der Waals surface area contributed by atoms with Crippen molar-refractivity contribution in [2.45, 2.75) is 136 Å². The highest BCUT2D eigenvalue weighted by Crippen LogP contribution is 2.45. The third-order valence-electron chi connectivity index (χ3n) is 21.3. The van der Waals surface area contributed by atoms with Gasteiger partial charge in [0.2, 0.25) is 35.4 Å². The Hall–Kier alpha value is -9.02.